The van der Waals surface area contributed by atoms with Gasteiger partial charge in [0.05, 0.1) is 4.90 Å². The van der Waals surface area contributed by atoms with Crippen molar-refractivity contribution >= 4 is 27.7 Å². The summed E-state index contributed by atoms with van der Waals surface area (Å²) in [5.41, 5.74) is 1.58. The topological polar surface area (TPSA) is 123 Å². The summed E-state index contributed by atoms with van der Waals surface area (Å²) in [7, 11) is -3.98. The average molecular weight is 440 g/mol. The molecule has 1 amide bonds. The van der Waals surface area contributed by atoms with Gasteiger partial charge in [0.2, 0.25) is 10.0 Å². The lowest BCUT2D eigenvalue weighted by Gasteiger charge is -2.43. The molecule has 2 heterocycles. The van der Waals surface area contributed by atoms with Crippen LogP contribution in [0.1, 0.15) is 13.8 Å². The first-order valence-electron chi connectivity index (χ1n) is 8.71. The third-order valence-electron chi connectivity index (χ3n) is 4.53. The fraction of sp³-hybridized carbons (Fsp3) is 0.333. The number of pyridine rings is 1. The summed E-state index contributed by atoms with van der Waals surface area (Å²) in [4.78, 5) is 12.2. The van der Waals surface area contributed by atoms with Crippen molar-refractivity contribution in [2.75, 3.05) is 12.3 Å². The Morgan fingerprint density at radius 3 is 2.41 bits per heavy atom. The molecule has 0 spiro atoms. The van der Waals surface area contributed by atoms with E-state index < -0.39 is 26.7 Å². The molecule has 1 aromatic carbocycles. The van der Waals surface area contributed by atoms with E-state index in [0.29, 0.717) is 22.0 Å². The Morgan fingerprint density at radius 1 is 1.24 bits per heavy atom. The van der Waals surface area contributed by atoms with Crippen LogP contribution in [0.5, 0.6) is 11.5 Å². The molecule has 0 bridgehead atoms. The molecule has 1 aliphatic rings. The van der Waals surface area contributed by atoms with Gasteiger partial charge in [-0.05, 0) is 38.1 Å². The number of hydroxylamine groups is 1. The van der Waals surface area contributed by atoms with E-state index in [1.54, 1.807) is 19.3 Å². The summed E-state index contributed by atoms with van der Waals surface area (Å²) in [6.45, 7) is 3.68. The third kappa shape index (κ3) is 4.47. The number of hydrogen-bond acceptors (Lipinski definition) is 7. The Kier molecular flexibility index (Phi) is 6.03. The molecule has 0 aliphatic carbocycles. The van der Waals surface area contributed by atoms with Crippen LogP contribution in [0.4, 0.5) is 0 Å². The molecule has 0 unspecified atom stereocenters. The van der Waals surface area contributed by atoms with Gasteiger partial charge in [0, 0.05) is 29.2 Å². The van der Waals surface area contributed by atoms with Crippen LogP contribution in [-0.2, 0) is 14.8 Å². The first-order chi connectivity index (χ1) is 13.6. The fourth-order valence-electron chi connectivity index (χ4n) is 3.14. The van der Waals surface area contributed by atoms with Gasteiger partial charge < -0.3 is 9.94 Å². The molecule has 2 N–H and O–H groups in total. The van der Waals surface area contributed by atoms with E-state index >= 15 is 0 Å². The van der Waals surface area contributed by atoms with Crippen LogP contribution in [0.25, 0.3) is 0 Å². The van der Waals surface area contributed by atoms with E-state index in [1.165, 1.54) is 60.6 Å². The number of carbonyl (C=O) groups is 1. The highest BCUT2D eigenvalue weighted by Gasteiger charge is 2.48. The van der Waals surface area contributed by atoms with Crippen molar-refractivity contribution in [1.82, 2.24) is 9.79 Å². The zero-order valence-electron chi connectivity index (χ0n) is 15.8. The van der Waals surface area contributed by atoms with E-state index in [9.17, 15) is 18.4 Å². The number of rotatable bonds is 5. The Bertz CT molecular complexity index is 978. The summed E-state index contributed by atoms with van der Waals surface area (Å²) in [6, 6.07) is 7.70. The molecule has 2 aromatic rings. The molecular weight excluding hydrogens is 418 g/mol. The maximum atomic E-state index is 13.2. The zero-order valence-corrected chi connectivity index (χ0v) is 17.4. The standard InChI is InChI=1S/C18H21N3O6S2/c1-18(2)16(17(22)19-23)21(11-12-28-18)29(25,26)15-5-3-13(4-6-15)27-14-7-9-20(24)10-8-14/h3-10,16,23H,11-12H2,1-2H3,(H,19,22)/t16-/m0/s1. The monoisotopic (exact) mass is 439 g/mol. The molecule has 1 atom stereocenters. The number of hydrogen-bond donors (Lipinski definition) is 2. The summed E-state index contributed by atoms with van der Waals surface area (Å²) in [6.07, 6.45) is 2.58. The van der Waals surface area contributed by atoms with Gasteiger partial charge in [0.1, 0.15) is 17.5 Å². The number of nitrogens with zero attached hydrogens (tertiary/aromatic N) is 2. The average Bonchev–Trinajstić information content (AvgIpc) is 2.68. The normalized spacial score (nSPS) is 19.5. The maximum absolute atomic E-state index is 13.2. The SMILES string of the molecule is CC1(C)SCCN(S(=O)(=O)c2ccc(Oc3cc[n+]([O-])cc3)cc2)[C@H]1C(=O)NO. The van der Waals surface area contributed by atoms with Gasteiger partial charge in [-0.2, -0.15) is 20.8 Å². The van der Waals surface area contributed by atoms with Gasteiger partial charge >= 0.3 is 0 Å². The van der Waals surface area contributed by atoms with Gasteiger partial charge in [0.25, 0.3) is 5.91 Å². The molecular formula is C18H21N3O6S2. The molecule has 3 rings (SSSR count). The number of carbonyl (C=O) groups excluding carboxylic acids is 1. The van der Waals surface area contributed by atoms with Gasteiger partial charge in [-0.1, -0.05) is 0 Å². The maximum Gasteiger partial charge on any atom is 0.263 e. The predicted molar refractivity (Wildman–Crippen MR) is 106 cm³/mol. The van der Waals surface area contributed by atoms with E-state index in [-0.39, 0.29) is 11.4 Å². The Morgan fingerprint density at radius 2 is 1.83 bits per heavy atom. The molecule has 0 saturated carbocycles. The molecule has 1 aliphatic heterocycles. The second-order valence-corrected chi connectivity index (χ2v) is 10.6. The fourth-order valence-corrected chi connectivity index (χ4v) is 6.25. The van der Waals surface area contributed by atoms with Crippen molar-refractivity contribution in [2.45, 2.75) is 29.5 Å². The Hall–Kier alpha value is -2.34. The number of amides is 1. The highest BCUT2D eigenvalue weighted by molar-refractivity contribution is 8.00. The molecule has 1 saturated heterocycles. The van der Waals surface area contributed by atoms with Crippen molar-refractivity contribution in [3.05, 3.63) is 54.0 Å². The summed E-state index contributed by atoms with van der Waals surface area (Å²) in [5, 5.41) is 20.2. The van der Waals surface area contributed by atoms with Crippen molar-refractivity contribution in [2.24, 2.45) is 0 Å². The highest BCUT2D eigenvalue weighted by atomic mass is 32.2. The lowest BCUT2D eigenvalue weighted by atomic mass is 10.0. The van der Waals surface area contributed by atoms with Crippen molar-refractivity contribution < 1.29 is 27.9 Å². The van der Waals surface area contributed by atoms with Crippen LogP contribution < -0.4 is 14.9 Å². The summed E-state index contributed by atoms with van der Waals surface area (Å²) in [5.74, 6) is 0.579. The van der Waals surface area contributed by atoms with Gasteiger partial charge in [-0.3, -0.25) is 10.0 Å². The molecule has 11 heteroatoms. The number of thioether (sulfide) groups is 1. The quantitative estimate of drug-likeness (QED) is 0.313. The van der Waals surface area contributed by atoms with Crippen LogP contribution >= 0.6 is 11.8 Å². The number of aromatic nitrogens is 1. The molecule has 1 fully saturated rings. The van der Waals surface area contributed by atoms with Gasteiger partial charge in [-0.15, -0.1) is 0 Å². The molecule has 156 valence electrons. The number of nitrogens with one attached hydrogen (secondary N) is 1. The minimum absolute atomic E-state index is 0.00810. The second-order valence-electron chi connectivity index (χ2n) is 6.91. The minimum Gasteiger partial charge on any atom is -0.619 e. The first kappa shape index (κ1) is 21.4. The molecule has 1 aromatic heterocycles. The zero-order chi connectivity index (χ0) is 21.2. The summed E-state index contributed by atoms with van der Waals surface area (Å²) >= 11 is 1.47. The van der Waals surface area contributed by atoms with Crippen molar-refractivity contribution in [3.8, 4) is 11.5 Å². The van der Waals surface area contributed by atoms with Crippen LogP contribution in [0.3, 0.4) is 0 Å². The largest absolute Gasteiger partial charge is 0.619 e. The van der Waals surface area contributed by atoms with Gasteiger partial charge in [-0.25, -0.2) is 13.9 Å². The van der Waals surface area contributed by atoms with E-state index in [4.69, 9.17) is 9.94 Å². The van der Waals surface area contributed by atoms with Crippen molar-refractivity contribution in [1.29, 1.82) is 0 Å². The Balaban J connectivity index is 1.86. The third-order valence-corrected chi connectivity index (χ3v) is 7.76. The molecule has 29 heavy (non-hydrogen) atoms. The van der Waals surface area contributed by atoms with Crippen LogP contribution in [0.15, 0.2) is 53.7 Å². The minimum atomic E-state index is -3.98. The lowest BCUT2D eigenvalue weighted by Crippen LogP contribution is -2.61. The first-order valence-corrected chi connectivity index (χ1v) is 11.1. The van der Waals surface area contributed by atoms with Crippen molar-refractivity contribution in [3.63, 3.8) is 0 Å². The smallest absolute Gasteiger partial charge is 0.263 e. The van der Waals surface area contributed by atoms with E-state index in [1.807, 2.05) is 0 Å². The summed E-state index contributed by atoms with van der Waals surface area (Å²) < 4.78 is 33.0. The predicted octanol–water partition coefficient (Wildman–Crippen LogP) is 1.50. The number of ether oxygens (including phenoxy) is 1. The second kappa shape index (κ2) is 8.19. The molecule has 9 nitrogen and oxygen atoms in total. The highest BCUT2D eigenvalue weighted by Crippen LogP contribution is 2.38. The molecule has 0 radical (unpaired) electrons. The van der Waals surface area contributed by atoms with Crippen LogP contribution in [0, 0.1) is 5.21 Å². The van der Waals surface area contributed by atoms with E-state index in [2.05, 4.69) is 0 Å². The number of sulfonamides is 1. The number of benzene rings is 1. The van der Waals surface area contributed by atoms with Crippen LogP contribution in [0.2, 0.25) is 0 Å². The lowest BCUT2D eigenvalue weighted by molar-refractivity contribution is -0.605. The van der Waals surface area contributed by atoms with Crippen LogP contribution in [-0.4, -0.2) is 46.9 Å². The van der Waals surface area contributed by atoms with E-state index in [0.717, 1.165) is 4.31 Å². The van der Waals surface area contributed by atoms with Gasteiger partial charge in [0.15, 0.2) is 12.4 Å². The Labute approximate surface area is 172 Å².